The number of benzene rings is 2. The summed E-state index contributed by atoms with van der Waals surface area (Å²) < 4.78 is 0. The van der Waals surface area contributed by atoms with Crippen molar-refractivity contribution >= 4 is 16.6 Å². The van der Waals surface area contributed by atoms with Crippen LogP contribution in [0.1, 0.15) is 43.6 Å². The summed E-state index contributed by atoms with van der Waals surface area (Å²) in [6.45, 7) is 6.12. The number of aromatic amines is 1. The zero-order valence-corrected chi connectivity index (χ0v) is 15.7. The van der Waals surface area contributed by atoms with Crippen LogP contribution >= 0.6 is 0 Å². The van der Waals surface area contributed by atoms with Crippen LogP contribution < -0.4 is 5.32 Å². The average Bonchev–Trinajstić information content (AvgIpc) is 3.42. The van der Waals surface area contributed by atoms with Gasteiger partial charge in [0.05, 0.1) is 17.1 Å². The molecule has 2 heterocycles. The molecule has 3 nitrogen and oxygen atoms in total. The Bertz CT molecular complexity index is 1030. The van der Waals surface area contributed by atoms with Gasteiger partial charge in [0.2, 0.25) is 0 Å². The SMILES string of the molecule is C=C(/C=C\C)c1ccc(-c2ccc3nc(C4NC5CCC4C5)[nH]c3c2)cc1. The first-order chi connectivity index (χ1) is 13.2. The molecule has 2 aromatic carbocycles. The number of hydrogen-bond donors (Lipinski definition) is 2. The lowest BCUT2D eigenvalue weighted by Crippen LogP contribution is -2.29. The molecule has 3 unspecified atom stereocenters. The zero-order valence-electron chi connectivity index (χ0n) is 15.7. The zero-order chi connectivity index (χ0) is 18.4. The second kappa shape index (κ2) is 6.50. The van der Waals surface area contributed by atoms with E-state index in [4.69, 9.17) is 4.98 Å². The van der Waals surface area contributed by atoms with Crippen LogP contribution in [0, 0.1) is 5.92 Å². The molecule has 3 heteroatoms. The summed E-state index contributed by atoms with van der Waals surface area (Å²) in [5.41, 5.74) is 6.79. The molecular weight excluding hydrogens is 330 g/mol. The molecular formula is C24H25N3. The standard InChI is InChI=1S/C24H25N3/c1-3-4-15(2)16-5-7-17(8-6-16)18-10-12-21-22(14-18)27-24(26-21)23-19-9-11-20(13-19)25-23/h3-8,10,12,14,19-20,23,25H,2,9,11,13H2,1H3,(H,26,27)/b4-3-. The lowest BCUT2D eigenvalue weighted by atomic mass is 10.00. The van der Waals surface area contributed by atoms with Gasteiger partial charge in [-0.25, -0.2) is 4.98 Å². The van der Waals surface area contributed by atoms with Gasteiger partial charge in [-0.3, -0.25) is 0 Å². The van der Waals surface area contributed by atoms with Crippen LogP contribution in [-0.4, -0.2) is 16.0 Å². The van der Waals surface area contributed by atoms with Gasteiger partial charge in [-0.1, -0.05) is 49.1 Å². The highest BCUT2D eigenvalue weighted by molar-refractivity contribution is 5.83. The number of imidazole rings is 1. The van der Waals surface area contributed by atoms with Crippen LogP contribution in [-0.2, 0) is 0 Å². The van der Waals surface area contributed by atoms with Gasteiger partial charge in [-0.05, 0) is 66.5 Å². The van der Waals surface area contributed by atoms with Crippen molar-refractivity contribution in [1.82, 2.24) is 15.3 Å². The summed E-state index contributed by atoms with van der Waals surface area (Å²) in [5.74, 6) is 1.85. The van der Waals surface area contributed by atoms with Gasteiger partial charge in [-0.15, -0.1) is 0 Å². The first-order valence-electron chi connectivity index (χ1n) is 9.89. The van der Waals surface area contributed by atoms with Gasteiger partial charge < -0.3 is 10.3 Å². The largest absolute Gasteiger partial charge is 0.341 e. The third-order valence-electron chi connectivity index (χ3n) is 6.11. The molecule has 1 aliphatic heterocycles. The fraction of sp³-hybridized carbons (Fsp3) is 0.292. The number of fused-ring (bicyclic) bond motifs is 3. The Kier molecular flexibility index (Phi) is 3.98. The molecule has 2 N–H and O–H groups in total. The van der Waals surface area contributed by atoms with E-state index < -0.39 is 0 Å². The Hall–Kier alpha value is -2.65. The molecule has 2 aliphatic rings. The minimum Gasteiger partial charge on any atom is -0.341 e. The van der Waals surface area contributed by atoms with E-state index in [1.54, 1.807) is 0 Å². The lowest BCUT2D eigenvalue weighted by molar-refractivity contribution is 0.380. The number of hydrogen-bond acceptors (Lipinski definition) is 2. The molecule has 3 aromatic rings. The Labute approximate surface area is 160 Å². The predicted octanol–water partition coefficient (Wildman–Crippen LogP) is 5.63. The molecule has 0 amide bonds. The number of piperidine rings is 1. The van der Waals surface area contributed by atoms with E-state index in [0.29, 0.717) is 12.1 Å². The van der Waals surface area contributed by atoms with E-state index in [1.165, 1.54) is 30.4 Å². The van der Waals surface area contributed by atoms with Crippen LogP contribution in [0.4, 0.5) is 0 Å². The number of allylic oxidation sites excluding steroid dienone is 3. The molecule has 0 spiro atoms. The van der Waals surface area contributed by atoms with Gasteiger partial charge in [0.15, 0.2) is 0 Å². The Balaban J connectivity index is 1.43. The first kappa shape index (κ1) is 16.5. The van der Waals surface area contributed by atoms with Gasteiger partial charge in [0, 0.05) is 6.04 Å². The van der Waals surface area contributed by atoms with E-state index in [2.05, 4.69) is 59.3 Å². The summed E-state index contributed by atoms with van der Waals surface area (Å²) in [6.07, 6.45) is 8.01. The molecule has 27 heavy (non-hydrogen) atoms. The molecule has 1 aromatic heterocycles. The van der Waals surface area contributed by atoms with E-state index >= 15 is 0 Å². The number of aromatic nitrogens is 2. The summed E-state index contributed by atoms with van der Waals surface area (Å²) >= 11 is 0. The number of nitrogens with one attached hydrogen (secondary N) is 2. The topological polar surface area (TPSA) is 40.7 Å². The maximum Gasteiger partial charge on any atom is 0.124 e. The van der Waals surface area contributed by atoms with Crippen molar-refractivity contribution in [3.8, 4) is 11.1 Å². The summed E-state index contributed by atoms with van der Waals surface area (Å²) in [5, 5.41) is 3.73. The van der Waals surface area contributed by atoms with Gasteiger partial charge in [0.25, 0.3) is 0 Å². The van der Waals surface area contributed by atoms with Gasteiger partial charge in [0.1, 0.15) is 5.82 Å². The Morgan fingerprint density at radius 1 is 1.11 bits per heavy atom. The number of H-pyrrole nitrogens is 1. The second-order valence-corrected chi connectivity index (χ2v) is 7.87. The molecule has 1 saturated heterocycles. The smallest absolute Gasteiger partial charge is 0.124 e. The van der Waals surface area contributed by atoms with Crippen molar-refractivity contribution in [3.63, 3.8) is 0 Å². The van der Waals surface area contributed by atoms with Crippen molar-refractivity contribution in [2.24, 2.45) is 5.92 Å². The van der Waals surface area contributed by atoms with E-state index in [-0.39, 0.29) is 0 Å². The maximum atomic E-state index is 4.87. The third-order valence-corrected chi connectivity index (χ3v) is 6.11. The normalized spacial score (nSPS) is 24.3. The van der Waals surface area contributed by atoms with Crippen molar-refractivity contribution in [3.05, 3.63) is 72.6 Å². The highest BCUT2D eigenvalue weighted by Crippen LogP contribution is 2.42. The second-order valence-electron chi connectivity index (χ2n) is 7.87. The highest BCUT2D eigenvalue weighted by Gasteiger charge is 2.41. The maximum absolute atomic E-state index is 4.87. The minimum absolute atomic E-state index is 0.400. The first-order valence-corrected chi connectivity index (χ1v) is 9.89. The lowest BCUT2D eigenvalue weighted by Gasteiger charge is -2.20. The van der Waals surface area contributed by atoms with Crippen LogP contribution in [0.25, 0.3) is 27.7 Å². The minimum atomic E-state index is 0.400. The monoisotopic (exact) mass is 355 g/mol. The molecule has 1 saturated carbocycles. The van der Waals surface area contributed by atoms with Gasteiger partial charge in [-0.2, -0.15) is 0 Å². The molecule has 2 fully saturated rings. The van der Waals surface area contributed by atoms with Crippen molar-refractivity contribution in [2.45, 2.75) is 38.3 Å². The third kappa shape index (κ3) is 2.92. The van der Waals surface area contributed by atoms with Crippen molar-refractivity contribution in [1.29, 1.82) is 0 Å². The van der Waals surface area contributed by atoms with E-state index in [1.807, 2.05) is 19.1 Å². The van der Waals surface area contributed by atoms with Crippen LogP contribution in [0.5, 0.6) is 0 Å². The predicted molar refractivity (Wildman–Crippen MR) is 112 cm³/mol. The Morgan fingerprint density at radius 2 is 1.93 bits per heavy atom. The fourth-order valence-corrected chi connectivity index (χ4v) is 4.69. The van der Waals surface area contributed by atoms with Crippen molar-refractivity contribution in [2.75, 3.05) is 0 Å². The van der Waals surface area contributed by atoms with E-state index in [9.17, 15) is 0 Å². The quantitative estimate of drug-likeness (QED) is 0.595. The van der Waals surface area contributed by atoms with Gasteiger partial charge >= 0.3 is 0 Å². The fourth-order valence-electron chi connectivity index (χ4n) is 4.69. The average molecular weight is 355 g/mol. The molecule has 3 atom stereocenters. The molecule has 0 radical (unpaired) electrons. The highest BCUT2D eigenvalue weighted by atomic mass is 15.1. The van der Waals surface area contributed by atoms with Crippen LogP contribution in [0.3, 0.4) is 0 Å². The molecule has 5 rings (SSSR count). The van der Waals surface area contributed by atoms with Crippen LogP contribution in [0.15, 0.2) is 61.2 Å². The summed E-state index contributed by atoms with van der Waals surface area (Å²) in [4.78, 5) is 8.45. The molecule has 136 valence electrons. The Morgan fingerprint density at radius 3 is 2.63 bits per heavy atom. The van der Waals surface area contributed by atoms with E-state index in [0.717, 1.165) is 33.9 Å². The summed E-state index contributed by atoms with van der Waals surface area (Å²) in [7, 11) is 0. The molecule has 2 bridgehead atoms. The van der Waals surface area contributed by atoms with Crippen molar-refractivity contribution < 1.29 is 0 Å². The number of rotatable bonds is 4. The number of nitrogens with zero attached hydrogens (tertiary/aromatic N) is 1. The summed E-state index contributed by atoms with van der Waals surface area (Å²) in [6, 6.07) is 16.2. The van der Waals surface area contributed by atoms with Crippen LogP contribution in [0.2, 0.25) is 0 Å². The molecule has 1 aliphatic carbocycles.